The quantitative estimate of drug-likeness (QED) is 0.268. The standard InChI is InChI=1S/C18H28N6O.HI/c1-5-6-11-19-18(21-13-17-23-22-14(2)24(17)3)20-12-15-7-9-16(25-4)10-8-15;/h7-10H,5-6,11-13H2,1-4H3,(H2,19,20,21);1H. The molecule has 0 aliphatic heterocycles. The van der Waals surface area contributed by atoms with Crippen LogP contribution in [0.5, 0.6) is 5.75 Å². The molecule has 1 heterocycles. The number of guanidine groups is 1. The van der Waals surface area contributed by atoms with Gasteiger partial charge in [0.05, 0.1) is 20.2 Å². The van der Waals surface area contributed by atoms with Gasteiger partial charge in [-0.1, -0.05) is 25.5 Å². The average Bonchev–Trinajstić information content (AvgIpc) is 2.96. The van der Waals surface area contributed by atoms with Crippen molar-refractivity contribution < 1.29 is 4.74 Å². The summed E-state index contributed by atoms with van der Waals surface area (Å²) in [6.07, 6.45) is 2.24. The molecule has 0 atom stereocenters. The fourth-order valence-corrected chi connectivity index (χ4v) is 2.23. The van der Waals surface area contributed by atoms with E-state index in [4.69, 9.17) is 4.74 Å². The van der Waals surface area contributed by atoms with Gasteiger partial charge < -0.3 is 19.9 Å². The van der Waals surface area contributed by atoms with Gasteiger partial charge in [0.1, 0.15) is 11.6 Å². The Bertz CT molecular complexity index is 683. The number of rotatable bonds is 8. The Morgan fingerprint density at radius 2 is 1.92 bits per heavy atom. The number of halogens is 1. The molecule has 26 heavy (non-hydrogen) atoms. The van der Waals surface area contributed by atoms with Crippen molar-refractivity contribution in [2.24, 2.45) is 12.0 Å². The molecule has 0 saturated heterocycles. The van der Waals surface area contributed by atoms with Gasteiger partial charge in [0.15, 0.2) is 11.8 Å². The second-order valence-corrected chi connectivity index (χ2v) is 5.87. The largest absolute Gasteiger partial charge is 0.497 e. The molecule has 0 aliphatic rings. The zero-order valence-corrected chi connectivity index (χ0v) is 18.3. The summed E-state index contributed by atoms with van der Waals surface area (Å²) in [4.78, 5) is 4.67. The smallest absolute Gasteiger partial charge is 0.191 e. The minimum absolute atomic E-state index is 0. The van der Waals surface area contributed by atoms with E-state index in [1.807, 2.05) is 42.8 Å². The predicted molar refractivity (Wildman–Crippen MR) is 115 cm³/mol. The number of hydrogen-bond acceptors (Lipinski definition) is 4. The van der Waals surface area contributed by atoms with Gasteiger partial charge in [0.2, 0.25) is 0 Å². The number of hydrogen-bond donors (Lipinski definition) is 2. The summed E-state index contributed by atoms with van der Waals surface area (Å²) in [7, 11) is 3.63. The molecule has 1 aromatic carbocycles. The molecule has 144 valence electrons. The molecular formula is C18H29IN6O. The highest BCUT2D eigenvalue weighted by molar-refractivity contribution is 14.0. The first-order valence-electron chi connectivity index (χ1n) is 8.64. The lowest BCUT2D eigenvalue weighted by molar-refractivity contribution is 0.414. The molecule has 0 amide bonds. The third kappa shape index (κ3) is 6.81. The van der Waals surface area contributed by atoms with Crippen LogP contribution in [0.3, 0.4) is 0 Å². The Balaban J connectivity index is 0.00000338. The topological polar surface area (TPSA) is 76.4 Å². The maximum absolute atomic E-state index is 5.19. The first kappa shape index (κ1) is 22.2. The second kappa shape index (κ2) is 11.7. The number of unbranched alkanes of at least 4 members (excludes halogenated alkanes) is 1. The second-order valence-electron chi connectivity index (χ2n) is 5.87. The third-order valence-electron chi connectivity index (χ3n) is 4.00. The van der Waals surface area contributed by atoms with E-state index in [1.54, 1.807) is 7.11 Å². The molecule has 0 saturated carbocycles. The van der Waals surface area contributed by atoms with E-state index in [-0.39, 0.29) is 24.0 Å². The van der Waals surface area contributed by atoms with Crippen LogP contribution >= 0.6 is 24.0 Å². The number of ether oxygens (including phenoxy) is 1. The Labute approximate surface area is 172 Å². The van der Waals surface area contributed by atoms with Gasteiger partial charge in [0, 0.05) is 13.6 Å². The monoisotopic (exact) mass is 472 g/mol. The molecule has 8 heteroatoms. The van der Waals surface area contributed by atoms with Crippen molar-refractivity contribution in [2.45, 2.75) is 39.8 Å². The molecule has 7 nitrogen and oxygen atoms in total. The molecular weight excluding hydrogens is 443 g/mol. The van der Waals surface area contributed by atoms with Gasteiger partial charge >= 0.3 is 0 Å². The zero-order valence-electron chi connectivity index (χ0n) is 16.0. The van der Waals surface area contributed by atoms with E-state index in [2.05, 4.69) is 32.7 Å². The maximum atomic E-state index is 5.19. The summed E-state index contributed by atoms with van der Waals surface area (Å²) in [5, 5.41) is 15.0. The van der Waals surface area contributed by atoms with Crippen molar-refractivity contribution >= 4 is 29.9 Å². The molecule has 2 aromatic rings. The summed E-state index contributed by atoms with van der Waals surface area (Å²) in [6, 6.07) is 7.95. The molecule has 1 aromatic heterocycles. The van der Waals surface area contributed by atoms with E-state index in [0.717, 1.165) is 48.3 Å². The predicted octanol–water partition coefficient (Wildman–Crippen LogP) is 2.79. The van der Waals surface area contributed by atoms with Crippen LogP contribution in [0.1, 0.15) is 37.0 Å². The fraction of sp³-hybridized carbons (Fsp3) is 0.500. The Morgan fingerprint density at radius 3 is 2.50 bits per heavy atom. The maximum Gasteiger partial charge on any atom is 0.191 e. The van der Waals surface area contributed by atoms with E-state index < -0.39 is 0 Å². The van der Waals surface area contributed by atoms with Gasteiger partial charge in [0.25, 0.3) is 0 Å². The summed E-state index contributed by atoms with van der Waals surface area (Å²) in [6.45, 7) is 6.18. The summed E-state index contributed by atoms with van der Waals surface area (Å²) < 4.78 is 7.16. The third-order valence-corrected chi connectivity index (χ3v) is 4.00. The van der Waals surface area contributed by atoms with Crippen LogP contribution < -0.4 is 15.4 Å². The average molecular weight is 472 g/mol. The van der Waals surface area contributed by atoms with E-state index in [0.29, 0.717) is 13.1 Å². The highest BCUT2D eigenvalue weighted by Crippen LogP contribution is 2.11. The molecule has 0 fully saturated rings. The number of aliphatic imine (C=N–C) groups is 1. The fourth-order valence-electron chi connectivity index (χ4n) is 2.23. The van der Waals surface area contributed by atoms with E-state index in [1.165, 1.54) is 0 Å². The van der Waals surface area contributed by atoms with Crippen LogP contribution in [0.4, 0.5) is 0 Å². The molecule has 0 spiro atoms. The van der Waals surface area contributed by atoms with Crippen LogP contribution in [-0.4, -0.2) is 34.4 Å². The number of aromatic nitrogens is 3. The van der Waals surface area contributed by atoms with Crippen molar-refractivity contribution in [1.29, 1.82) is 0 Å². The lowest BCUT2D eigenvalue weighted by atomic mass is 10.2. The number of aryl methyl sites for hydroxylation is 1. The zero-order chi connectivity index (χ0) is 18.1. The highest BCUT2D eigenvalue weighted by Gasteiger charge is 2.06. The van der Waals surface area contributed by atoms with Gasteiger partial charge in [-0.25, -0.2) is 4.99 Å². The van der Waals surface area contributed by atoms with Crippen LogP contribution in [0, 0.1) is 6.92 Å². The lowest BCUT2D eigenvalue weighted by Gasteiger charge is -2.12. The number of nitrogens with zero attached hydrogens (tertiary/aromatic N) is 4. The first-order valence-corrected chi connectivity index (χ1v) is 8.64. The van der Waals surface area contributed by atoms with Gasteiger partial charge in [-0.05, 0) is 31.0 Å². The Kier molecular flexibility index (Phi) is 10.0. The molecule has 0 aliphatic carbocycles. The van der Waals surface area contributed by atoms with Crippen LogP contribution in [0.15, 0.2) is 29.3 Å². The van der Waals surface area contributed by atoms with Gasteiger partial charge in [-0.2, -0.15) is 0 Å². The van der Waals surface area contributed by atoms with Crippen LogP contribution in [0.2, 0.25) is 0 Å². The summed E-state index contributed by atoms with van der Waals surface area (Å²) in [5.41, 5.74) is 1.13. The minimum atomic E-state index is 0. The Hall–Kier alpha value is -1.84. The molecule has 0 radical (unpaired) electrons. The van der Waals surface area contributed by atoms with Crippen molar-refractivity contribution in [3.8, 4) is 5.75 Å². The Morgan fingerprint density at radius 1 is 1.19 bits per heavy atom. The van der Waals surface area contributed by atoms with Crippen molar-refractivity contribution in [3.63, 3.8) is 0 Å². The molecule has 0 bridgehead atoms. The molecule has 2 N–H and O–H groups in total. The molecule has 0 unspecified atom stereocenters. The summed E-state index contributed by atoms with van der Waals surface area (Å²) in [5.74, 6) is 3.41. The number of methoxy groups -OCH3 is 1. The highest BCUT2D eigenvalue weighted by atomic mass is 127. The lowest BCUT2D eigenvalue weighted by Crippen LogP contribution is -2.38. The van der Waals surface area contributed by atoms with Gasteiger partial charge in [-0.3, -0.25) is 0 Å². The van der Waals surface area contributed by atoms with E-state index in [9.17, 15) is 0 Å². The van der Waals surface area contributed by atoms with Crippen molar-refractivity contribution in [2.75, 3.05) is 13.7 Å². The van der Waals surface area contributed by atoms with E-state index >= 15 is 0 Å². The first-order chi connectivity index (χ1) is 12.1. The number of nitrogens with one attached hydrogen (secondary N) is 2. The van der Waals surface area contributed by atoms with Crippen LogP contribution in [0.25, 0.3) is 0 Å². The SMILES string of the molecule is CCCCNC(=NCc1ccc(OC)cc1)NCc1nnc(C)n1C.I. The van der Waals surface area contributed by atoms with Gasteiger partial charge in [-0.15, -0.1) is 34.2 Å². The number of benzene rings is 1. The van der Waals surface area contributed by atoms with Crippen molar-refractivity contribution in [3.05, 3.63) is 41.5 Å². The minimum Gasteiger partial charge on any atom is -0.497 e. The summed E-state index contributed by atoms with van der Waals surface area (Å²) >= 11 is 0. The normalized spacial score (nSPS) is 11.0. The van der Waals surface area contributed by atoms with Crippen LogP contribution in [-0.2, 0) is 20.1 Å². The van der Waals surface area contributed by atoms with Crippen molar-refractivity contribution in [1.82, 2.24) is 25.4 Å². The molecule has 2 rings (SSSR count).